The van der Waals surface area contributed by atoms with Crippen molar-refractivity contribution in [2.75, 3.05) is 26.3 Å². The lowest BCUT2D eigenvalue weighted by Crippen LogP contribution is -2.40. The van der Waals surface area contributed by atoms with Crippen LogP contribution in [0.5, 0.6) is 0 Å². The molecule has 0 N–H and O–H groups in total. The summed E-state index contributed by atoms with van der Waals surface area (Å²) in [5, 5.41) is 0.653. The Labute approximate surface area is 129 Å². The largest absolute Gasteiger partial charge is 0.378 e. The number of benzene rings is 2. The van der Waals surface area contributed by atoms with Gasteiger partial charge in [0.25, 0.3) is 5.91 Å². The molecule has 0 bridgehead atoms. The molecule has 0 spiro atoms. The van der Waals surface area contributed by atoms with Gasteiger partial charge in [-0.2, -0.15) is 0 Å². The van der Waals surface area contributed by atoms with E-state index in [0.29, 0.717) is 36.9 Å². The summed E-state index contributed by atoms with van der Waals surface area (Å²) >= 11 is 6.28. The molecule has 1 saturated heterocycles. The van der Waals surface area contributed by atoms with E-state index in [0.717, 1.165) is 11.1 Å². The van der Waals surface area contributed by atoms with Crippen molar-refractivity contribution >= 4 is 17.5 Å². The number of amides is 1. The molecular formula is C17H16ClNO2. The zero-order valence-electron chi connectivity index (χ0n) is 11.6. The fourth-order valence-electron chi connectivity index (χ4n) is 2.45. The summed E-state index contributed by atoms with van der Waals surface area (Å²) in [6, 6.07) is 15.3. The van der Waals surface area contributed by atoms with Crippen LogP contribution in [0.1, 0.15) is 10.4 Å². The molecule has 1 aliphatic heterocycles. The summed E-state index contributed by atoms with van der Waals surface area (Å²) in [5.74, 6) is 0.0344. The maximum atomic E-state index is 12.5. The first-order chi connectivity index (χ1) is 10.3. The Morgan fingerprint density at radius 1 is 1.05 bits per heavy atom. The number of hydrogen-bond acceptors (Lipinski definition) is 2. The molecule has 1 aliphatic rings. The minimum Gasteiger partial charge on any atom is -0.378 e. The van der Waals surface area contributed by atoms with Gasteiger partial charge in [0, 0.05) is 29.2 Å². The molecule has 0 atom stereocenters. The Morgan fingerprint density at radius 3 is 2.48 bits per heavy atom. The van der Waals surface area contributed by atoms with Crippen molar-refractivity contribution < 1.29 is 9.53 Å². The molecule has 3 nitrogen and oxygen atoms in total. The van der Waals surface area contributed by atoms with Gasteiger partial charge in [0.2, 0.25) is 0 Å². The fourth-order valence-corrected chi connectivity index (χ4v) is 2.67. The highest BCUT2D eigenvalue weighted by molar-refractivity contribution is 6.33. The van der Waals surface area contributed by atoms with Crippen LogP contribution in [0, 0.1) is 0 Å². The lowest BCUT2D eigenvalue weighted by atomic mass is 10.0. The third-order valence-corrected chi connectivity index (χ3v) is 3.93. The summed E-state index contributed by atoms with van der Waals surface area (Å²) in [5.41, 5.74) is 2.57. The minimum absolute atomic E-state index is 0.0344. The van der Waals surface area contributed by atoms with Gasteiger partial charge in [-0.25, -0.2) is 0 Å². The van der Waals surface area contributed by atoms with Crippen molar-refractivity contribution in [3.05, 3.63) is 59.1 Å². The molecule has 1 fully saturated rings. The smallest absolute Gasteiger partial charge is 0.254 e. The summed E-state index contributed by atoms with van der Waals surface area (Å²) in [6.07, 6.45) is 0. The normalized spacial score (nSPS) is 15.0. The summed E-state index contributed by atoms with van der Waals surface area (Å²) in [7, 11) is 0. The second kappa shape index (κ2) is 6.29. The molecule has 2 aromatic carbocycles. The Balaban J connectivity index is 1.92. The highest BCUT2D eigenvalue weighted by Gasteiger charge is 2.19. The SMILES string of the molecule is O=C(c1ccc(Cl)c(-c2ccccc2)c1)N1CCOCC1. The van der Waals surface area contributed by atoms with Crippen LogP contribution in [-0.2, 0) is 4.74 Å². The molecule has 21 heavy (non-hydrogen) atoms. The van der Waals surface area contributed by atoms with Crippen LogP contribution < -0.4 is 0 Å². The predicted octanol–water partition coefficient (Wildman–Crippen LogP) is 3.48. The molecule has 0 aromatic heterocycles. The molecule has 4 heteroatoms. The maximum absolute atomic E-state index is 12.5. The van der Waals surface area contributed by atoms with Gasteiger partial charge in [-0.15, -0.1) is 0 Å². The molecule has 108 valence electrons. The Morgan fingerprint density at radius 2 is 1.76 bits per heavy atom. The van der Waals surface area contributed by atoms with Crippen molar-refractivity contribution in [3.8, 4) is 11.1 Å². The monoisotopic (exact) mass is 301 g/mol. The third-order valence-electron chi connectivity index (χ3n) is 3.60. The first kappa shape index (κ1) is 14.1. The number of hydrogen-bond donors (Lipinski definition) is 0. The van der Waals surface area contributed by atoms with Crippen LogP contribution in [0.3, 0.4) is 0 Å². The van der Waals surface area contributed by atoms with Gasteiger partial charge in [-0.1, -0.05) is 41.9 Å². The summed E-state index contributed by atoms with van der Waals surface area (Å²) in [6.45, 7) is 2.49. The van der Waals surface area contributed by atoms with Gasteiger partial charge in [0.1, 0.15) is 0 Å². The maximum Gasteiger partial charge on any atom is 0.254 e. The zero-order valence-corrected chi connectivity index (χ0v) is 12.3. The predicted molar refractivity (Wildman–Crippen MR) is 83.6 cm³/mol. The Hall–Kier alpha value is -1.84. The van der Waals surface area contributed by atoms with Gasteiger partial charge in [-0.05, 0) is 23.8 Å². The molecule has 3 rings (SSSR count). The van der Waals surface area contributed by atoms with Crippen LogP contribution in [0.15, 0.2) is 48.5 Å². The van der Waals surface area contributed by atoms with Gasteiger partial charge in [0.05, 0.1) is 13.2 Å². The summed E-state index contributed by atoms with van der Waals surface area (Å²) in [4.78, 5) is 14.3. The molecule has 0 radical (unpaired) electrons. The minimum atomic E-state index is 0.0344. The number of morpholine rings is 1. The molecule has 0 saturated carbocycles. The lowest BCUT2D eigenvalue weighted by Gasteiger charge is -2.27. The van der Waals surface area contributed by atoms with Crippen molar-refractivity contribution in [3.63, 3.8) is 0 Å². The topological polar surface area (TPSA) is 29.5 Å². The quantitative estimate of drug-likeness (QED) is 0.850. The standard InChI is InChI=1S/C17H16ClNO2/c18-16-7-6-14(17(20)19-8-10-21-11-9-19)12-15(16)13-4-2-1-3-5-13/h1-7,12H,8-11H2. The number of rotatable bonds is 2. The first-order valence-corrected chi connectivity index (χ1v) is 7.35. The van der Waals surface area contributed by atoms with Crippen LogP contribution >= 0.6 is 11.6 Å². The Kier molecular flexibility index (Phi) is 4.23. The third kappa shape index (κ3) is 3.09. The van der Waals surface area contributed by atoms with Crippen LogP contribution in [-0.4, -0.2) is 37.1 Å². The average Bonchev–Trinajstić information content (AvgIpc) is 2.56. The molecule has 0 unspecified atom stereocenters. The van der Waals surface area contributed by atoms with E-state index in [9.17, 15) is 4.79 Å². The highest BCUT2D eigenvalue weighted by atomic mass is 35.5. The average molecular weight is 302 g/mol. The van der Waals surface area contributed by atoms with E-state index in [1.807, 2.05) is 41.3 Å². The van der Waals surface area contributed by atoms with Gasteiger partial charge in [0.15, 0.2) is 0 Å². The van der Waals surface area contributed by atoms with Gasteiger partial charge in [-0.3, -0.25) is 4.79 Å². The van der Waals surface area contributed by atoms with Crippen LogP contribution in [0.25, 0.3) is 11.1 Å². The number of nitrogens with zero attached hydrogens (tertiary/aromatic N) is 1. The second-order valence-electron chi connectivity index (χ2n) is 4.97. The van der Waals surface area contributed by atoms with Crippen molar-refractivity contribution in [2.45, 2.75) is 0 Å². The molecule has 0 aliphatic carbocycles. The lowest BCUT2D eigenvalue weighted by molar-refractivity contribution is 0.0303. The molecular weight excluding hydrogens is 286 g/mol. The fraction of sp³-hybridized carbons (Fsp3) is 0.235. The van der Waals surface area contributed by atoms with E-state index in [1.54, 1.807) is 12.1 Å². The molecule has 2 aromatic rings. The van der Waals surface area contributed by atoms with Crippen LogP contribution in [0.4, 0.5) is 0 Å². The highest BCUT2D eigenvalue weighted by Crippen LogP contribution is 2.29. The number of halogens is 1. The van der Waals surface area contributed by atoms with Crippen molar-refractivity contribution in [1.29, 1.82) is 0 Å². The van der Waals surface area contributed by atoms with Crippen molar-refractivity contribution in [2.24, 2.45) is 0 Å². The van der Waals surface area contributed by atoms with E-state index in [2.05, 4.69) is 0 Å². The van der Waals surface area contributed by atoms with Crippen LogP contribution in [0.2, 0.25) is 5.02 Å². The van der Waals surface area contributed by atoms with Crippen molar-refractivity contribution in [1.82, 2.24) is 4.90 Å². The zero-order chi connectivity index (χ0) is 14.7. The van der Waals surface area contributed by atoms with E-state index < -0.39 is 0 Å². The van der Waals surface area contributed by atoms with E-state index >= 15 is 0 Å². The number of carbonyl (C=O) groups is 1. The van der Waals surface area contributed by atoms with Gasteiger partial charge < -0.3 is 9.64 Å². The van der Waals surface area contributed by atoms with E-state index in [4.69, 9.17) is 16.3 Å². The summed E-state index contributed by atoms with van der Waals surface area (Å²) < 4.78 is 5.28. The first-order valence-electron chi connectivity index (χ1n) is 6.98. The molecule has 1 amide bonds. The number of carbonyl (C=O) groups excluding carboxylic acids is 1. The van der Waals surface area contributed by atoms with E-state index in [-0.39, 0.29) is 5.91 Å². The van der Waals surface area contributed by atoms with E-state index in [1.165, 1.54) is 0 Å². The molecule has 1 heterocycles. The van der Waals surface area contributed by atoms with Gasteiger partial charge >= 0.3 is 0 Å². The second-order valence-corrected chi connectivity index (χ2v) is 5.37. The number of ether oxygens (including phenoxy) is 1. The Bertz CT molecular complexity index is 636.